The van der Waals surface area contributed by atoms with Crippen LogP contribution in [-0.4, -0.2) is 25.2 Å². The fourth-order valence-corrected chi connectivity index (χ4v) is 3.78. The van der Waals surface area contributed by atoms with Crippen LogP contribution in [0.3, 0.4) is 0 Å². The Hall–Kier alpha value is -1.02. The lowest BCUT2D eigenvalue weighted by molar-refractivity contribution is 0.373. The van der Waals surface area contributed by atoms with Crippen molar-refractivity contribution in [2.24, 2.45) is 0 Å². The summed E-state index contributed by atoms with van der Waals surface area (Å²) < 4.78 is 0. The summed E-state index contributed by atoms with van der Waals surface area (Å²) in [6.07, 6.45) is 9.37. The summed E-state index contributed by atoms with van der Waals surface area (Å²) >= 11 is 0. The van der Waals surface area contributed by atoms with E-state index in [1.54, 1.807) is 5.56 Å². The van der Waals surface area contributed by atoms with E-state index < -0.39 is 0 Å². The van der Waals surface area contributed by atoms with Crippen molar-refractivity contribution in [1.29, 1.82) is 0 Å². The van der Waals surface area contributed by atoms with E-state index in [1.807, 2.05) is 0 Å². The largest absolute Gasteiger partial charge is 0.369 e. The molecular weight excluding hydrogens is 244 g/mol. The molecule has 0 amide bonds. The van der Waals surface area contributed by atoms with Crippen molar-refractivity contribution in [3.63, 3.8) is 0 Å². The number of para-hydroxylation sites is 1. The molecule has 2 aliphatic rings. The molecule has 2 unspecified atom stereocenters. The van der Waals surface area contributed by atoms with Crippen LogP contribution in [0.4, 0.5) is 5.69 Å². The van der Waals surface area contributed by atoms with Gasteiger partial charge < -0.3 is 10.2 Å². The molecular formula is C18H28N2. The highest BCUT2D eigenvalue weighted by Crippen LogP contribution is 2.30. The third kappa shape index (κ3) is 3.17. The van der Waals surface area contributed by atoms with Gasteiger partial charge in [-0.15, -0.1) is 0 Å². The van der Waals surface area contributed by atoms with E-state index in [2.05, 4.69) is 41.4 Å². The second-order valence-electron chi connectivity index (χ2n) is 6.50. The maximum absolute atomic E-state index is 3.67. The Balaban J connectivity index is 1.56. The average Bonchev–Trinajstić information content (AvgIpc) is 2.50. The molecule has 2 atom stereocenters. The van der Waals surface area contributed by atoms with Gasteiger partial charge in [0.2, 0.25) is 0 Å². The van der Waals surface area contributed by atoms with Crippen LogP contribution >= 0.6 is 0 Å². The van der Waals surface area contributed by atoms with E-state index in [1.165, 1.54) is 63.7 Å². The zero-order valence-electron chi connectivity index (χ0n) is 12.8. The maximum atomic E-state index is 3.67. The van der Waals surface area contributed by atoms with Gasteiger partial charge in [-0.25, -0.2) is 0 Å². The molecule has 110 valence electrons. The van der Waals surface area contributed by atoms with Crippen LogP contribution in [0.1, 0.15) is 51.0 Å². The SMILES string of the molecule is CC1CCc2ccccc2N1CCCC1CCCCN1. The van der Waals surface area contributed by atoms with Gasteiger partial charge >= 0.3 is 0 Å². The van der Waals surface area contributed by atoms with Crippen molar-refractivity contribution in [2.75, 3.05) is 18.0 Å². The number of hydrogen-bond acceptors (Lipinski definition) is 2. The Morgan fingerprint density at radius 2 is 2.10 bits per heavy atom. The summed E-state index contributed by atoms with van der Waals surface area (Å²) in [6.45, 7) is 4.83. The topological polar surface area (TPSA) is 15.3 Å². The number of nitrogens with one attached hydrogen (secondary N) is 1. The molecule has 3 rings (SSSR count). The molecule has 20 heavy (non-hydrogen) atoms. The van der Waals surface area contributed by atoms with Crippen molar-refractivity contribution in [1.82, 2.24) is 5.32 Å². The summed E-state index contributed by atoms with van der Waals surface area (Å²) in [5, 5.41) is 3.67. The number of nitrogens with zero attached hydrogens (tertiary/aromatic N) is 1. The van der Waals surface area contributed by atoms with Crippen LogP contribution in [0.15, 0.2) is 24.3 Å². The molecule has 0 spiro atoms. The molecule has 0 saturated carbocycles. The smallest absolute Gasteiger partial charge is 0.0401 e. The molecule has 0 aromatic heterocycles. The number of aryl methyl sites for hydroxylation is 1. The minimum Gasteiger partial charge on any atom is -0.369 e. The predicted octanol–water partition coefficient (Wildman–Crippen LogP) is 3.75. The number of rotatable bonds is 4. The van der Waals surface area contributed by atoms with Gasteiger partial charge in [0.25, 0.3) is 0 Å². The molecule has 2 heterocycles. The summed E-state index contributed by atoms with van der Waals surface area (Å²) in [7, 11) is 0. The lowest BCUT2D eigenvalue weighted by Crippen LogP contribution is -2.39. The van der Waals surface area contributed by atoms with Crippen LogP contribution < -0.4 is 10.2 Å². The van der Waals surface area contributed by atoms with Gasteiger partial charge in [0.1, 0.15) is 0 Å². The lowest BCUT2D eigenvalue weighted by Gasteiger charge is -2.37. The quantitative estimate of drug-likeness (QED) is 0.898. The highest BCUT2D eigenvalue weighted by Gasteiger charge is 2.22. The summed E-state index contributed by atoms with van der Waals surface area (Å²) in [5.74, 6) is 0. The van der Waals surface area contributed by atoms with Gasteiger partial charge in [0, 0.05) is 24.3 Å². The first kappa shape index (κ1) is 13.9. The van der Waals surface area contributed by atoms with E-state index >= 15 is 0 Å². The number of piperidine rings is 1. The van der Waals surface area contributed by atoms with Gasteiger partial charge in [0.15, 0.2) is 0 Å². The van der Waals surface area contributed by atoms with Gasteiger partial charge in [-0.1, -0.05) is 24.6 Å². The van der Waals surface area contributed by atoms with Crippen LogP contribution in [0, 0.1) is 0 Å². The van der Waals surface area contributed by atoms with Crippen molar-refractivity contribution in [2.45, 2.75) is 64.0 Å². The Kier molecular flexibility index (Phi) is 4.62. The van der Waals surface area contributed by atoms with Crippen LogP contribution in [-0.2, 0) is 6.42 Å². The number of anilines is 1. The zero-order chi connectivity index (χ0) is 13.8. The fourth-order valence-electron chi connectivity index (χ4n) is 3.78. The van der Waals surface area contributed by atoms with Gasteiger partial charge in [-0.3, -0.25) is 0 Å². The summed E-state index contributed by atoms with van der Waals surface area (Å²) in [5.41, 5.74) is 3.03. The van der Waals surface area contributed by atoms with E-state index in [-0.39, 0.29) is 0 Å². The molecule has 2 nitrogen and oxygen atoms in total. The Morgan fingerprint density at radius 1 is 1.20 bits per heavy atom. The first-order valence-electron chi connectivity index (χ1n) is 8.42. The highest BCUT2D eigenvalue weighted by molar-refractivity contribution is 5.56. The number of benzene rings is 1. The van der Waals surface area contributed by atoms with E-state index in [0.29, 0.717) is 6.04 Å². The monoisotopic (exact) mass is 272 g/mol. The summed E-state index contributed by atoms with van der Waals surface area (Å²) in [6, 6.07) is 10.5. The lowest BCUT2D eigenvalue weighted by atomic mass is 9.95. The fraction of sp³-hybridized carbons (Fsp3) is 0.667. The van der Waals surface area contributed by atoms with Gasteiger partial charge in [-0.2, -0.15) is 0 Å². The molecule has 2 aliphatic heterocycles. The standard InChI is InChI=1S/C18H28N2/c1-15-11-12-16-7-2-3-10-18(16)20(15)14-6-9-17-8-4-5-13-19-17/h2-3,7,10,15,17,19H,4-6,8-9,11-14H2,1H3. The van der Waals surface area contributed by atoms with Gasteiger partial charge in [0.05, 0.1) is 0 Å². The molecule has 0 aliphatic carbocycles. The molecule has 1 aromatic rings. The van der Waals surface area contributed by atoms with Crippen LogP contribution in [0.5, 0.6) is 0 Å². The molecule has 1 aromatic carbocycles. The van der Waals surface area contributed by atoms with E-state index in [9.17, 15) is 0 Å². The van der Waals surface area contributed by atoms with E-state index in [0.717, 1.165) is 6.04 Å². The average molecular weight is 272 g/mol. The third-order valence-electron chi connectivity index (χ3n) is 5.03. The van der Waals surface area contributed by atoms with Crippen molar-refractivity contribution >= 4 is 5.69 Å². The first-order chi connectivity index (χ1) is 9.84. The highest BCUT2D eigenvalue weighted by atomic mass is 15.2. The van der Waals surface area contributed by atoms with Crippen molar-refractivity contribution in [3.8, 4) is 0 Å². The van der Waals surface area contributed by atoms with Crippen LogP contribution in [0.25, 0.3) is 0 Å². The van der Waals surface area contributed by atoms with Crippen LogP contribution in [0.2, 0.25) is 0 Å². The first-order valence-corrected chi connectivity index (χ1v) is 8.42. The summed E-state index contributed by atoms with van der Waals surface area (Å²) in [4.78, 5) is 2.64. The Labute approximate surface area is 123 Å². The molecule has 0 bridgehead atoms. The second kappa shape index (κ2) is 6.62. The molecule has 1 saturated heterocycles. The molecule has 2 heteroatoms. The minimum absolute atomic E-state index is 0.698. The second-order valence-corrected chi connectivity index (χ2v) is 6.50. The zero-order valence-corrected chi connectivity index (χ0v) is 12.8. The molecule has 0 radical (unpaired) electrons. The van der Waals surface area contributed by atoms with Gasteiger partial charge in [-0.05, 0) is 63.6 Å². The van der Waals surface area contributed by atoms with Crippen molar-refractivity contribution < 1.29 is 0 Å². The predicted molar refractivity (Wildman–Crippen MR) is 86.4 cm³/mol. The molecule has 1 N–H and O–H groups in total. The number of fused-ring (bicyclic) bond motifs is 1. The Bertz CT molecular complexity index is 423. The van der Waals surface area contributed by atoms with Crippen molar-refractivity contribution in [3.05, 3.63) is 29.8 Å². The number of hydrogen-bond donors (Lipinski definition) is 1. The normalized spacial score (nSPS) is 26.4. The Morgan fingerprint density at radius 3 is 2.95 bits per heavy atom. The minimum atomic E-state index is 0.698. The van der Waals surface area contributed by atoms with E-state index in [4.69, 9.17) is 0 Å². The third-order valence-corrected chi connectivity index (χ3v) is 5.03. The maximum Gasteiger partial charge on any atom is 0.0401 e. The molecule has 1 fully saturated rings.